The molecule has 0 spiro atoms. The third-order valence-electron chi connectivity index (χ3n) is 4.09. The molecule has 0 aliphatic rings. The van der Waals surface area contributed by atoms with Gasteiger partial charge in [0.05, 0.1) is 6.54 Å². The molecule has 3 N–H and O–H groups in total. The molecule has 0 bridgehead atoms. The van der Waals surface area contributed by atoms with Crippen LogP contribution in [0.4, 0.5) is 5.95 Å². The maximum absolute atomic E-state index is 12.4. The van der Waals surface area contributed by atoms with Crippen molar-refractivity contribution in [1.82, 2.24) is 19.1 Å². The smallest absolute Gasteiger partial charge is 0.329 e. The van der Waals surface area contributed by atoms with E-state index in [1.54, 1.807) is 11.6 Å². The van der Waals surface area contributed by atoms with Crippen LogP contribution in [0.1, 0.15) is 17.5 Å². The summed E-state index contributed by atoms with van der Waals surface area (Å²) in [7, 11) is 1.57. The second-order valence-corrected chi connectivity index (χ2v) is 6.00. The number of hydrogen-bond acceptors (Lipinski definition) is 5. The molecule has 2 aromatic heterocycles. The van der Waals surface area contributed by atoms with Crippen molar-refractivity contribution in [2.45, 2.75) is 19.9 Å². The molecule has 0 radical (unpaired) electrons. The highest BCUT2D eigenvalue weighted by atomic mass is 16.3. The van der Waals surface area contributed by atoms with Gasteiger partial charge in [0.15, 0.2) is 11.2 Å². The summed E-state index contributed by atoms with van der Waals surface area (Å²) >= 11 is 0. The predicted molar refractivity (Wildman–Crippen MR) is 96.1 cm³/mol. The number of benzene rings is 1. The van der Waals surface area contributed by atoms with E-state index in [1.807, 2.05) is 31.2 Å². The number of H-pyrrole nitrogens is 1. The Morgan fingerprint density at radius 3 is 2.64 bits per heavy atom. The number of aryl methyl sites for hydroxylation is 2. The van der Waals surface area contributed by atoms with Crippen LogP contribution in [0.2, 0.25) is 0 Å². The lowest BCUT2D eigenvalue weighted by molar-refractivity contribution is 0.292. The fourth-order valence-electron chi connectivity index (χ4n) is 2.68. The molecule has 3 rings (SSSR count). The first-order valence-corrected chi connectivity index (χ1v) is 8.11. The number of hydrogen-bond donors (Lipinski definition) is 3. The summed E-state index contributed by atoms with van der Waals surface area (Å²) in [5.41, 5.74) is 1.87. The Kier molecular flexibility index (Phi) is 4.71. The minimum atomic E-state index is -0.501. The molecule has 1 aromatic carbocycles. The van der Waals surface area contributed by atoms with E-state index in [4.69, 9.17) is 5.11 Å². The average molecular weight is 343 g/mol. The van der Waals surface area contributed by atoms with Crippen molar-refractivity contribution in [3.05, 3.63) is 56.2 Å². The summed E-state index contributed by atoms with van der Waals surface area (Å²) in [6.07, 6.45) is 0.559. The van der Waals surface area contributed by atoms with Gasteiger partial charge in [-0.15, -0.1) is 0 Å². The summed E-state index contributed by atoms with van der Waals surface area (Å²) < 4.78 is 3.08. The fraction of sp³-hybridized carbons (Fsp3) is 0.353. The Hall–Kier alpha value is -2.87. The monoisotopic (exact) mass is 343 g/mol. The Morgan fingerprint density at radius 2 is 1.96 bits per heavy atom. The molecule has 0 saturated carbocycles. The summed E-state index contributed by atoms with van der Waals surface area (Å²) in [6, 6.07) is 8.00. The third-order valence-corrected chi connectivity index (χ3v) is 4.09. The second kappa shape index (κ2) is 6.94. The lowest BCUT2D eigenvalue weighted by atomic mass is 10.1. The van der Waals surface area contributed by atoms with Crippen LogP contribution in [0.25, 0.3) is 11.2 Å². The number of aromatic nitrogens is 4. The van der Waals surface area contributed by atoms with Crippen molar-refractivity contribution in [3.8, 4) is 0 Å². The molecule has 0 amide bonds. The summed E-state index contributed by atoms with van der Waals surface area (Å²) in [6.45, 7) is 3.03. The minimum absolute atomic E-state index is 0.0598. The largest absolute Gasteiger partial charge is 0.396 e. The van der Waals surface area contributed by atoms with Gasteiger partial charge in [0.2, 0.25) is 5.95 Å². The number of aromatic amines is 1. The Morgan fingerprint density at radius 1 is 1.24 bits per heavy atom. The first kappa shape index (κ1) is 17.0. The number of rotatable bonds is 6. The van der Waals surface area contributed by atoms with E-state index in [0.717, 1.165) is 11.1 Å². The van der Waals surface area contributed by atoms with E-state index in [0.29, 0.717) is 36.6 Å². The van der Waals surface area contributed by atoms with E-state index in [-0.39, 0.29) is 6.61 Å². The van der Waals surface area contributed by atoms with Crippen molar-refractivity contribution >= 4 is 17.1 Å². The fourth-order valence-corrected chi connectivity index (χ4v) is 2.68. The highest BCUT2D eigenvalue weighted by Gasteiger charge is 2.17. The zero-order chi connectivity index (χ0) is 18.0. The van der Waals surface area contributed by atoms with Crippen molar-refractivity contribution in [2.75, 3.05) is 18.5 Å². The Bertz CT molecular complexity index is 998. The molecule has 0 fully saturated rings. The Balaban J connectivity index is 2.13. The first-order chi connectivity index (χ1) is 12.0. The molecule has 0 atom stereocenters. The van der Waals surface area contributed by atoms with Crippen LogP contribution in [0, 0.1) is 6.92 Å². The van der Waals surface area contributed by atoms with E-state index in [2.05, 4.69) is 15.3 Å². The van der Waals surface area contributed by atoms with Gasteiger partial charge in [-0.05, 0) is 18.9 Å². The van der Waals surface area contributed by atoms with E-state index >= 15 is 0 Å². The molecule has 8 nitrogen and oxygen atoms in total. The number of aliphatic hydroxyl groups excluding tert-OH is 1. The molecular weight excluding hydrogens is 322 g/mol. The van der Waals surface area contributed by atoms with Gasteiger partial charge in [0.25, 0.3) is 5.56 Å². The molecule has 3 aromatic rings. The molecule has 8 heteroatoms. The number of fused-ring (bicyclic) bond motifs is 1. The highest BCUT2D eigenvalue weighted by molar-refractivity contribution is 5.74. The topological polar surface area (TPSA) is 105 Å². The van der Waals surface area contributed by atoms with E-state index in [9.17, 15) is 9.59 Å². The van der Waals surface area contributed by atoms with Gasteiger partial charge in [0.1, 0.15) is 0 Å². The van der Waals surface area contributed by atoms with Crippen LogP contribution >= 0.6 is 0 Å². The first-order valence-electron chi connectivity index (χ1n) is 8.11. The standard InChI is InChI=1S/C17H21N5O3/c1-11-4-6-12(7-5-11)10-22-13-14(19-16(22)18-8-3-9-23)21(2)17(25)20-15(13)24/h4-7,23H,3,8-10H2,1-2H3,(H,18,19)(H,20,24,25). The predicted octanol–water partition coefficient (Wildman–Crippen LogP) is 0.574. The maximum atomic E-state index is 12.4. The van der Waals surface area contributed by atoms with Crippen LogP contribution in [0.5, 0.6) is 0 Å². The molecule has 0 aliphatic heterocycles. The maximum Gasteiger partial charge on any atom is 0.329 e. The number of nitrogens with zero attached hydrogens (tertiary/aromatic N) is 3. The number of aliphatic hydroxyl groups is 1. The van der Waals surface area contributed by atoms with Crippen molar-refractivity contribution in [1.29, 1.82) is 0 Å². The highest BCUT2D eigenvalue weighted by Crippen LogP contribution is 2.18. The lowest BCUT2D eigenvalue weighted by Gasteiger charge is -2.10. The van der Waals surface area contributed by atoms with Gasteiger partial charge in [-0.25, -0.2) is 4.79 Å². The summed E-state index contributed by atoms with van der Waals surface area (Å²) in [4.78, 5) is 31.0. The van der Waals surface area contributed by atoms with Gasteiger partial charge >= 0.3 is 5.69 Å². The van der Waals surface area contributed by atoms with Crippen LogP contribution in [-0.4, -0.2) is 37.4 Å². The SMILES string of the molecule is Cc1ccc(Cn2c(NCCCO)nc3c2c(=O)[nH]c(=O)n3C)cc1. The number of nitrogens with one attached hydrogen (secondary N) is 2. The Labute approximate surface area is 143 Å². The lowest BCUT2D eigenvalue weighted by Crippen LogP contribution is -2.29. The normalized spacial score (nSPS) is 11.2. The van der Waals surface area contributed by atoms with Crippen molar-refractivity contribution in [2.24, 2.45) is 7.05 Å². The van der Waals surface area contributed by atoms with Gasteiger partial charge in [-0.1, -0.05) is 29.8 Å². The molecule has 0 unspecified atom stereocenters. The van der Waals surface area contributed by atoms with Gasteiger partial charge in [0, 0.05) is 20.2 Å². The molecule has 25 heavy (non-hydrogen) atoms. The summed E-state index contributed by atoms with van der Waals surface area (Å²) in [5, 5.41) is 12.1. The van der Waals surface area contributed by atoms with Crippen molar-refractivity contribution < 1.29 is 5.11 Å². The van der Waals surface area contributed by atoms with Crippen molar-refractivity contribution in [3.63, 3.8) is 0 Å². The molecular formula is C17H21N5O3. The van der Waals surface area contributed by atoms with Crippen LogP contribution in [0.15, 0.2) is 33.9 Å². The van der Waals surface area contributed by atoms with E-state index < -0.39 is 11.2 Å². The van der Waals surface area contributed by atoms with Gasteiger partial charge in [-0.2, -0.15) is 4.98 Å². The quantitative estimate of drug-likeness (QED) is 0.568. The number of anilines is 1. The molecule has 2 heterocycles. The molecule has 0 aliphatic carbocycles. The minimum Gasteiger partial charge on any atom is -0.396 e. The average Bonchev–Trinajstić information content (AvgIpc) is 2.94. The van der Waals surface area contributed by atoms with E-state index in [1.165, 1.54) is 4.57 Å². The zero-order valence-corrected chi connectivity index (χ0v) is 14.2. The number of imidazole rings is 1. The van der Waals surface area contributed by atoms with Gasteiger partial charge < -0.3 is 10.4 Å². The second-order valence-electron chi connectivity index (χ2n) is 6.00. The molecule has 0 saturated heterocycles. The van der Waals surface area contributed by atoms with Crippen LogP contribution < -0.4 is 16.6 Å². The summed E-state index contributed by atoms with van der Waals surface area (Å²) in [5.74, 6) is 0.496. The van der Waals surface area contributed by atoms with Crippen LogP contribution in [0.3, 0.4) is 0 Å². The zero-order valence-electron chi connectivity index (χ0n) is 14.2. The molecule has 132 valence electrons. The third kappa shape index (κ3) is 3.34. The van der Waals surface area contributed by atoms with Crippen LogP contribution in [-0.2, 0) is 13.6 Å². The van der Waals surface area contributed by atoms with Gasteiger partial charge in [-0.3, -0.25) is 18.9 Å².